The fraction of sp³-hybridized carbons (Fsp3) is 0.409. The summed E-state index contributed by atoms with van der Waals surface area (Å²) < 4.78 is 63.6. The highest BCUT2D eigenvalue weighted by atomic mass is 19.4. The number of rotatable bonds is 10. The van der Waals surface area contributed by atoms with E-state index in [1.165, 1.54) is 18.3 Å². The molecule has 1 heterocycles. The molecule has 2 rings (SSSR count). The fourth-order valence-corrected chi connectivity index (χ4v) is 3.04. The molecule has 1 aromatic heterocycles. The van der Waals surface area contributed by atoms with Crippen molar-refractivity contribution in [2.24, 2.45) is 0 Å². The van der Waals surface area contributed by atoms with Gasteiger partial charge in [0.15, 0.2) is 0 Å². The molecule has 2 unspecified atom stereocenters. The van der Waals surface area contributed by atoms with Crippen molar-refractivity contribution in [3.05, 3.63) is 59.3 Å². The molecule has 1 aromatic carbocycles. The molecule has 0 aliphatic rings. The number of aromatic nitrogens is 1. The van der Waals surface area contributed by atoms with Gasteiger partial charge in [0.05, 0.1) is 13.0 Å². The molecule has 3 N–H and O–H groups in total. The van der Waals surface area contributed by atoms with Gasteiger partial charge in [-0.25, -0.2) is 13.8 Å². The Morgan fingerprint density at radius 2 is 1.76 bits per heavy atom. The second kappa shape index (κ2) is 11.7. The standard InChI is InChI=1S/C22H25F5N4O2/c1-3-4-18(30-20(32)9-14-7-16(23)10-17(24)8-14)21(33)31-19-6-5-15(11-28-19)13(2)29-12-22(25,26)27/h5-8,10-11,13,18,29H,3-4,9,12H2,1-2H3,(H,30,32)(H,28,31,33). The first-order valence-corrected chi connectivity index (χ1v) is 10.3. The molecule has 0 aliphatic carbocycles. The summed E-state index contributed by atoms with van der Waals surface area (Å²) in [6.45, 7) is 2.22. The van der Waals surface area contributed by atoms with Gasteiger partial charge in [0.25, 0.3) is 0 Å². The van der Waals surface area contributed by atoms with E-state index in [1.807, 2.05) is 6.92 Å². The summed E-state index contributed by atoms with van der Waals surface area (Å²) in [6, 6.07) is 4.22. The van der Waals surface area contributed by atoms with Crippen molar-refractivity contribution in [3.8, 4) is 0 Å². The highest BCUT2D eigenvalue weighted by Crippen LogP contribution is 2.18. The van der Waals surface area contributed by atoms with E-state index in [-0.39, 0.29) is 17.8 Å². The Morgan fingerprint density at radius 3 is 2.30 bits per heavy atom. The van der Waals surface area contributed by atoms with E-state index in [4.69, 9.17) is 0 Å². The zero-order valence-electron chi connectivity index (χ0n) is 18.1. The summed E-state index contributed by atoms with van der Waals surface area (Å²) >= 11 is 0. The number of benzene rings is 1. The number of hydrogen-bond donors (Lipinski definition) is 3. The maximum Gasteiger partial charge on any atom is 0.401 e. The van der Waals surface area contributed by atoms with Crippen LogP contribution in [0.5, 0.6) is 0 Å². The van der Waals surface area contributed by atoms with E-state index in [1.54, 1.807) is 6.92 Å². The predicted molar refractivity (Wildman–Crippen MR) is 112 cm³/mol. The maximum absolute atomic E-state index is 13.3. The van der Waals surface area contributed by atoms with Crippen LogP contribution >= 0.6 is 0 Å². The van der Waals surface area contributed by atoms with Crippen LogP contribution in [0, 0.1) is 11.6 Å². The summed E-state index contributed by atoms with van der Waals surface area (Å²) in [5.74, 6) is -2.58. The van der Waals surface area contributed by atoms with E-state index in [0.717, 1.165) is 12.1 Å². The van der Waals surface area contributed by atoms with Crippen molar-refractivity contribution in [3.63, 3.8) is 0 Å². The number of halogens is 5. The molecule has 11 heteroatoms. The van der Waals surface area contributed by atoms with Crippen LogP contribution in [0.1, 0.15) is 43.9 Å². The second-order valence-electron chi connectivity index (χ2n) is 7.55. The lowest BCUT2D eigenvalue weighted by atomic mass is 10.1. The van der Waals surface area contributed by atoms with Crippen molar-refractivity contribution in [2.45, 2.75) is 51.4 Å². The number of nitrogens with one attached hydrogen (secondary N) is 3. The molecule has 6 nitrogen and oxygen atoms in total. The number of carbonyl (C=O) groups is 2. The lowest BCUT2D eigenvalue weighted by molar-refractivity contribution is -0.126. The summed E-state index contributed by atoms with van der Waals surface area (Å²) in [6.07, 6.45) is -2.42. The molecule has 0 aliphatic heterocycles. The van der Waals surface area contributed by atoms with Crippen molar-refractivity contribution in [1.29, 1.82) is 0 Å². The molecule has 0 spiro atoms. The van der Waals surface area contributed by atoms with Crippen LogP contribution in [0.15, 0.2) is 36.5 Å². The van der Waals surface area contributed by atoms with Gasteiger partial charge in [0.2, 0.25) is 11.8 Å². The van der Waals surface area contributed by atoms with Crippen LogP contribution in [-0.2, 0) is 16.0 Å². The topological polar surface area (TPSA) is 83.1 Å². The van der Waals surface area contributed by atoms with Crippen molar-refractivity contribution < 1.29 is 31.5 Å². The zero-order valence-corrected chi connectivity index (χ0v) is 18.1. The van der Waals surface area contributed by atoms with Crippen LogP contribution in [0.2, 0.25) is 0 Å². The van der Waals surface area contributed by atoms with E-state index in [2.05, 4.69) is 20.9 Å². The molecule has 0 saturated heterocycles. The first-order valence-electron chi connectivity index (χ1n) is 10.3. The molecule has 180 valence electrons. The third-order valence-corrected chi connectivity index (χ3v) is 4.66. The molecular weight excluding hydrogens is 447 g/mol. The number of pyridine rings is 1. The van der Waals surface area contributed by atoms with E-state index in [9.17, 15) is 31.5 Å². The Hall–Kier alpha value is -3.08. The number of carbonyl (C=O) groups excluding carboxylic acids is 2. The summed E-state index contributed by atoms with van der Waals surface area (Å²) in [7, 11) is 0. The molecule has 0 saturated carbocycles. The van der Waals surface area contributed by atoms with Crippen molar-refractivity contribution in [2.75, 3.05) is 11.9 Å². The first kappa shape index (κ1) is 26.2. The molecule has 2 atom stereocenters. The first-order chi connectivity index (χ1) is 15.5. The Kier molecular flexibility index (Phi) is 9.27. The van der Waals surface area contributed by atoms with Gasteiger partial charge in [-0.2, -0.15) is 13.2 Å². The average Bonchev–Trinajstić information content (AvgIpc) is 2.71. The van der Waals surface area contributed by atoms with Gasteiger partial charge in [-0.05, 0) is 42.7 Å². The largest absolute Gasteiger partial charge is 0.401 e. The number of nitrogens with zero attached hydrogens (tertiary/aromatic N) is 1. The summed E-state index contributed by atoms with van der Waals surface area (Å²) in [4.78, 5) is 28.9. The Morgan fingerprint density at radius 1 is 1.09 bits per heavy atom. The van der Waals surface area contributed by atoms with Gasteiger partial charge < -0.3 is 16.0 Å². The van der Waals surface area contributed by atoms with E-state index >= 15 is 0 Å². The van der Waals surface area contributed by atoms with Crippen molar-refractivity contribution in [1.82, 2.24) is 15.6 Å². The van der Waals surface area contributed by atoms with Gasteiger partial charge in [-0.15, -0.1) is 0 Å². The predicted octanol–water partition coefficient (Wildman–Crippen LogP) is 4.04. The number of amides is 2. The van der Waals surface area contributed by atoms with Crippen molar-refractivity contribution >= 4 is 17.6 Å². The number of hydrogen-bond acceptors (Lipinski definition) is 4. The van der Waals surface area contributed by atoms with Crippen LogP contribution in [-0.4, -0.2) is 35.6 Å². The van der Waals surface area contributed by atoms with Gasteiger partial charge >= 0.3 is 6.18 Å². The quantitative estimate of drug-likeness (QED) is 0.456. The lowest BCUT2D eigenvalue weighted by Gasteiger charge is -2.18. The van der Waals surface area contributed by atoms with Crippen LogP contribution in [0.3, 0.4) is 0 Å². The molecule has 0 fully saturated rings. The highest BCUT2D eigenvalue weighted by molar-refractivity contribution is 5.96. The monoisotopic (exact) mass is 472 g/mol. The van der Waals surface area contributed by atoms with E-state index < -0.39 is 48.3 Å². The summed E-state index contributed by atoms with van der Waals surface area (Å²) in [5, 5.41) is 7.43. The van der Waals surface area contributed by atoms with Gasteiger partial charge in [0.1, 0.15) is 23.5 Å². The molecular formula is C22H25F5N4O2. The Labute approximate surface area is 188 Å². The molecule has 0 bridgehead atoms. The molecule has 0 radical (unpaired) electrons. The third kappa shape index (κ3) is 9.13. The van der Waals surface area contributed by atoms with Crippen LogP contribution in [0.4, 0.5) is 27.8 Å². The Bertz CT molecular complexity index is 931. The van der Waals surface area contributed by atoms with Gasteiger partial charge in [0, 0.05) is 18.3 Å². The third-order valence-electron chi connectivity index (χ3n) is 4.66. The average molecular weight is 472 g/mol. The Balaban J connectivity index is 1.96. The smallest absolute Gasteiger partial charge is 0.344 e. The zero-order chi connectivity index (χ0) is 24.6. The minimum Gasteiger partial charge on any atom is -0.344 e. The number of alkyl halides is 3. The molecule has 33 heavy (non-hydrogen) atoms. The van der Waals surface area contributed by atoms with Gasteiger partial charge in [-0.1, -0.05) is 19.4 Å². The highest BCUT2D eigenvalue weighted by Gasteiger charge is 2.27. The lowest BCUT2D eigenvalue weighted by Crippen LogP contribution is -2.44. The maximum atomic E-state index is 13.3. The van der Waals surface area contributed by atoms with Crippen LogP contribution in [0.25, 0.3) is 0 Å². The normalized spacial score (nSPS) is 13.3. The van der Waals surface area contributed by atoms with Crippen LogP contribution < -0.4 is 16.0 Å². The fourth-order valence-electron chi connectivity index (χ4n) is 3.04. The molecule has 2 aromatic rings. The SMILES string of the molecule is CCCC(NC(=O)Cc1cc(F)cc(F)c1)C(=O)Nc1ccc(C(C)NCC(F)(F)F)cn1. The van der Waals surface area contributed by atoms with E-state index in [0.29, 0.717) is 24.5 Å². The number of anilines is 1. The molecule has 2 amide bonds. The minimum atomic E-state index is -4.34. The minimum absolute atomic E-state index is 0.131. The summed E-state index contributed by atoms with van der Waals surface area (Å²) in [5.41, 5.74) is 0.629. The second-order valence-corrected chi connectivity index (χ2v) is 7.55. The van der Waals surface area contributed by atoms with Gasteiger partial charge in [-0.3, -0.25) is 9.59 Å².